The van der Waals surface area contributed by atoms with Crippen LogP contribution in [-0.2, 0) is 6.42 Å². The Balaban J connectivity index is 1.88. The van der Waals surface area contributed by atoms with Crippen molar-refractivity contribution in [2.24, 2.45) is 5.41 Å². The van der Waals surface area contributed by atoms with Gasteiger partial charge in [0, 0.05) is 29.9 Å². The van der Waals surface area contributed by atoms with E-state index in [2.05, 4.69) is 37.0 Å². The third-order valence-electron chi connectivity index (χ3n) is 4.08. The highest BCUT2D eigenvalue weighted by atomic mass is 32.1. The number of thiol groups is 1. The van der Waals surface area contributed by atoms with Crippen LogP contribution in [0.1, 0.15) is 29.2 Å². The van der Waals surface area contributed by atoms with Crippen LogP contribution in [0.5, 0.6) is 0 Å². The van der Waals surface area contributed by atoms with Gasteiger partial charge in [-0.15, -0.1) is 11.3 Å². The van der Waals surface area contributed by atoms with E-state index in [1.165, 1.54) is 11.3 Å². The number of amides is 1. The lowest BCUT2D eigenvalue weighted by atomic mass is 9.88. The van der Waals surface area contributed by atoms with Gasteiger partial charge in [0.05, 0.1) is 5.69 Å². The first-order valence-electron chi connectivity index (χ1n) is 7.38. The lowest BCUT2D eigenvalue weighted by Crippen LogP contribution is -2.31. The second-order valence-corrected chi connectivity index (χ2v) is 8.00. The summed E-state index contributed by atoms with van der Waals surface area (Å²) in [5.41, 5.74) is 2.68. The smallest absolute Gasteiger partial charge is 0.263 e. The fraction of sp³-hybridized carbons (Fsp3) is 0.312. The fourth-order valence-electron chi connectivity index (χ4n) is 2.89. The van der Waals surface area contributed by atoms with Gasteiger partial charge in [0.25, 0.3) is 5.91 Å². The van der Waals surface area contributed by atoms with E-state index in [1.54, 1.807) is 10.2 Å². The first-order chi connectivity index (χ1) is 10.9. The molecular weight excluding hydrogens is 328 g/mol. The van der Waals surface area contributed by atoms with Crippen molar-refractivity contribution in [3.63, 3.8) is 0 Å². The molecule has 1 N–H and O–H groups in total. The van der Waals surface area contributed by atoms with Gasteiger partial charge < -0.3 is 5.32 Å². The van der Waals surface area contributed by atoms with E-state index >= 15 is 0 Å². The zero-order valence-electron chi connectivity index (χ0n) is 12.8. The van der Waals surface area contributed by atoms with E-state index in [-0.39, 0.29) is 11.3 Å². The summed E-state index contributed by atoms with van der Waals surface area (Å²) in [7, 11) is 0. The van der Waals surface area contributed by atoms with Crippen LogP contribution in [0.3, 0.4) is 0 Å². The first-order valence-corrected chi connectivity index (χ1v) is 8.60. The fourth-order valence-corrected chi connectivity index (χ4v) is 4.15. The Morgan fingerprint density at radius 3 is 3.04 bits per heavy atom. The maximum atomic E-state index is 12.3. The maximum Gasteiger partial charge on any atom is 0.263 e. The van der Waals surface area contributed by atoms with Crippen molar-refractivity contribution in [2.45, 2.75) is 20.3 Å². The Bertz CT molecular complexity index is 925. The molecule has 0 atom stereocenters. The number of pyridine rings is 1. The van der Waals surface area contributed by atoms with E-state index in [0.717, 1.165) is 38.6 Å². The van der Waals surface area contributed by atoms with Crippen LogP contribution in [0.2, 0.25) is 0 Å². The predicted molar refractivity (Wildman–Crippen MR) is 95.0 cm³/mol. The number of nitrogens with zero attached hydrogens (tertiary/aromatic N) is 3. The largest absolute Gasteiger partial charge is 0.351 e. The minimum atomic E-state index is -0.0219. The van der Waals surface area contributed by atoms with Gasteiger partial charge in [0.2, 0.25) is 0 Å². The molecular formula is C16H16N4OS2. The number of rotatable bonds is 1. The lowest BCUT2D eigenvalue weighted by Gasteiger charge is -2.21. The minimum Gasteiger partial charge on any atom is -0.351 e. The molecule has 0 unspecified atom stereocenters. The molecule has 0 fully saturated rings. The molecule has 118 valence electrons. The van der Waals surface area contributed by atoms with Crippen LogP contribution in [-0.4, -0.2) is 26.4 Å². The molecule has 0 bridgehead atoms. The average Bonchev–Trinajstić information content (AvgIpc) is 3.06. The van der Waals surface area contributed by atoms with Crippen LogP contribution >= 0.6 is 24.2 Å². The van der Waals surface area contributed by atoms with Crippen molar-refractivity contribution in [2.75, 3.05) is 6.54 Å². The van der Waals surface area contributed by atoms with Crippen molar-refractivity contribution < 1.29 is 4.79 Å². The van der Waals surface area contributed by atoms with Gasteiger partial charge in [-0.05, 0) is 24.0 Å². The van der Waals surface area contributed by atoms with E-state index in [0.29, 0.717) is 6.54 Å². The molecule has 4 rings (SSSR count). The molecule has 23 heavy (non-hydrogen) atoms. The quantitative estimate of drug-likeness (QED) is 0.667. The first kappa shape index (κ1) is 14.7. The summed E-state index contributed by atoms with van der Waals surface area (Å²) in [4.78, 5) is 22.2. The molecule has 0 saturated carbocycles. The van der Waals surface area contributed by atoms with Crippen molar-refractivity contribution in [3.8, 4) is 10.6 Å². The highest BCUT2D eigenvalue weighted by molar-refractivity contribution is 7.78. The number of hydrogen-bond donors (Lipinski definition) is 2. The summed E-state index contributed by atoms with van der Waals surface area (Å²) in [5, 5.41) is 4.85. The molecule has 0 aromatic carbocycles. The molecule has 1 aliphatic rings. The second-order valence-electron chi connectivity index (χ2n) is 6.57. The number of thiazole rings is 1. The molecule has 1 aliphatic heterocycles. The van der Waals surface area contributed by atoms with E-state index < -0.39 is 0 Å². The third kappa shape index (κ3) is 2.44. The van der Waals surface area contributed by atoms with Gasteiger partial charge >= 0.3 is 0 Å². The Morgan fingerprint density at radius 1 is 1.39 bits per heavy atom. The van der Waals surface area contributed by atoms with E-state index in [9.17, 15) is 4.79 Å². The zero-order chi connectivity index (χ0) is 16.2. The molecule has 0 saturated heterocycles. The number of carbonyl (C=O) groups excluding carboxylic acids is 1. The van der Waals surface area contributed by atoms with Crippen LogP contribution in [0.15, 0.2) is 24.5 Å². The standard InChI is InChI=1S/C16H16N4OS2/c1-16(2)7-11-12(14(21)18-8-16)23-15(19-11)10-3-5-17-13-9(10)4-6-20(13)22/h3-6,22H,7-8H2,1-2H3,(H,18,21). The van der Waals surface area contributed by atoms with Crippen molar-refractivity contribution in [3.05, 3.63) is 35.1 Å². The van der Waals surface area contributed by atoms with Gasteiger partial charge in [0.15, 0.2) is 0 Å². The number of hydrogen-bond acceptors (Lipinski definition) is 5. The molecule has 7 heteroatoms. The Kier molecular flexibility index (Phi) is 3.24. The van der Waals surface area contributed by atoms with Crippen molar-refractivity contribution >= 4 is 41.1 Å². The molecule has 4 heterocycles. The lowest BCUT2D eigenvalue weighted by molar-refractivity contribution is 0.0948. The SMILES string of the molecule is CC1(C)CNC(=O)c2sc(-c3ccnc4c3ccn4S)nc2C1. The summed E-state index contributed by atoms with van der Waals surface area (Å²) < 4.78 is 1.69. The van der Waals surface area contributed by atoms with Gasteiger partial charge in [-0.1, -0.05) is 26.7 Å². The van der Waals surface area contributed by atoms with Crippen LogP contribution in [0.4, 0.5) is 0 Å². The topological polar surface area (TPSA) is 59.8 Å². The predicted octanol–water partition coefficient (Wildman–Crippen LogP) is 3.16. The average molecular weight is 344 g/mol. The Hall–Kier alpha value is -1.86. The number of nitrogens with one attached hydrogen (secondary N) is 1. The van der Waals surface area contributed by atoms with Crippen molar-refractivity contribution in [1.29, 1.82) is 0 Å². The molecule has 3 aromatic heterocycles. The molecule has 1 amide bonds. The van der Waals surface area contributed by atoms with Crippen LogP contribution < -0.4 is 5.32 Å². The summed E-state index contributed by atoms with van der Waals surface area (Å²) in [6, 6.07) is 3.92. The molecule has 5 nitrogen and oxygen atoms in total. The normalized spacial score (nSPS) is 16.9. The summed E-state index contributed by atoms with van der Waals surface area (Å²) in [6.07, 6.45) is 4.40. The maximum absolute atomic E-state index is 12.3. The summed E-state index contributed by atoms with van der Waals surface area (Å²) >= 11 is 5.81. The second kappa shape index (κ2) is 5.07. The molecule has 3 aromatic rings. The highest BCUT2D eigenvalue weighted by Gasteiger charge is 2.30. The van der Waals surface area contributed by atoms with Gasteiger partial charge in [-0.25, -0.2) is 9.97 Å². The van der Waals surface area contributed by atoms with Gasteiger partial charge in [-0.3, -0.25) is 8.77 Å². The monoisotopic (exact) mass is 344 g/mol. The number of aromatic nitrogens is 3. The Labute approximate surface area is 143 Å². The van der Waals surface area contributed by atoms with Gasteiger partial charge in [-0.2, -0.15) is 0 Å². The minimum absolute atomic E-state index is 0.00818. The highest BCUT2D eigenvalue weighted by Crippen LogP contribution is 2.36. The zero-order valence-corrected chi connectivity index (χ0v) is 14.5. The summed E-state index contributed by atoms with van der Waals surface area (Å²) in [5.74, 6) is -0.0219. The number of carbonyl (C=O) groups is 1. The van der Waals surface area contributed by atoms with Gasteiger partial charge in [0.1, 0.15) is 15.5 Å². The Morgan fingerprint density at radius 2 is 2.22 bits per heavy atom. The number of fused-ring (bicyclic) bond motifs is 2. The van der Waals surface area contributed by atoms with Crippen LogP contribution in [0, 0.1) is 5.41 Å². The molecule has 0 aliphatic carbocycles. The molecule has 0 radical (unpaired) electrons. The van der Waals surface area contributed by atoms with E-state index in [4.69, 9.17) is 4.98 Å². The third-order valence-corrected chi connectivity index (χ3v) is 5.53. The summed E-state index contributed by atoms with van der Waals surface area (Å²) in [6.45, 7) is 4.96. The van der Waals surface area contributed by atoms with Crippen LogP contribution in [0.25, 0.3) is 21.6 Å². The van der Waals surface area contributed by atoms with Crippen molar-refractivity contribution in [1.82, 2.24) is 19.3 Å². The molecule has 0 spiro atoms. The van der Waals surface area contributed by atoms with E-state index in [1.807, 2.05) is 18.3 Å².